The molecule has 0 aliphatic carbocycles. The third-order valence-corrected chi connectivity index (χ3v) is 7.62. The van der Waals surface area contributed by atoms with Crippen molar-refractivity contribution in [2.75, 3.05) is 23.7 Å². The number of aromatic nitrogens is 1. The van der Waals surface area contributed by atoms with Crippen LogP contribution in [0.15, 0.2) is 48.7 Å². The Labute approximate surface area is 244 Å². The maximum Gasteiger partial charge on any atom is 0.341 e. The van der Waals surface area contributed by atoms with Gasteiger partial charge in [0.05, 0.1) is 17.7 Å². The first-order valence-corrected chi connectivity index (χ1v) is 15.4. The molecule has 0 fully saturated rings. The third kappa shape index (κ3) is 9.45. The van der Waals surface area contributed by atoms with E-state index >= 15 is 0 Å². The lowest BCUT2D eigenvalue weighted by Gasteiger charge is -2.20. The number of ether oxygens (including phenoxy) is 2. The fraction of sp³-hybridized carbons (Fsp3) is 0.261. The fourth-order valence-electron chi connectivity index (χ4n) is 3.11. The van der Waals surface area contributed by atoms with Crippen LogP contribution in [0.3, 0.4) is 0 Å². The van der Waals surface area contributed by atoms with Crippen LogP contribution in [0.1, 0.15) is 11.1 Å². The molecule has 0 radical (unpaired) electrons. The van der Waals surface area contributed by atoms with Gasteiger partial charge < -0.3 is 14.0 Å². The minimum Gasteiger partial charge on any atom is -0.483 e. The van der Waals surface area contributed by atoms with Crippen LogP contribution < -0.4 is 19.6 Å². The highest BCUT2D eigenvalue weighted by molar-refractivity contribution is 9.09. The second kappa shape index (κ2) is 15.0. The van der Waals surface area contributed by atoms with Crippen LogP contribution in [0.25, 0.3) is 0 Å². The number of alkyl halides is 2. The molecule has 2 N–H and O–H groups in total. The molecule has 1 heterocycles. The van der Waals surface area contributed by atoms with Crippen molar-refractivity contribution in [3.05, 3.63) is 86.7 Å². The quantitative estimate of drug-likeness (QED) is 0.0570. The predicted molar refractivity (Wildman–Crippen MR) is 149 cm³/mol. The van der Waals surface area contributed by atoms with Crippen LogP contribution in [0.5, 0.6) is 17.2 Å². The Kier molecular flexibility index (Phi) is 12.0. The molecular formula is C23H22Br2ClF2N4O6P. The zero-order chi connectivity index (χ0) is 28.4. The fourth-order valence-corrected chi connectivity index (χ4v) is 5.67. The van der Waals surface area contributed by atoms with Crippen molar-refractivity contribution in [3.8, 4) is 17.2 Å². The SMILES string of the molecule is O=[N+]([O-])c1ccc(COc2c(F)cc(COP(=O)(NCCBr)NCCBr)cc2F)cc1Oc1ccc(Cl)nc1. The second-order valence-corrected chi connectivity index (χ2v) is 11.6. The van der Waals surface area contributed by atoms with E-state index in [2.05, 4.69) is 47.0 Å². The summed E-state index contributed by atoms with van der Waals surface area (Å²) in [6, 6.07) is 8.84. The van der Waals surface area contributed by atoms with Gasteiger partial charge in [0.25, 0.3) is 0 Å². The van der Waals surface area contributed by atoms with Crippen molar-refractivity contribution in [1.82, 2.24) is 15.2 Å². The average molecular weight is 715 g/mol. The van der Waals surface area contributed by atoms with Gasteiger partial charge in [-0.05, 0) is 47.5 Å². The van der Waals surface area contributed by atoms with E-state index in [0.717, 1.165) is 12.1 Å². The number of nitrogens with one attached hydrogen (secondary N) is 2. The molecule has 0 amide bonds. The second-order valence-electron chi connectivity index (χ2n) is 7.67. The highest BCUT2D eigenvalue weighted by atomic mass is 79.9. The van der Waals surface area contributed by atoms with Crippen LogP contribution in [0, 0.1) is 21.7 Å². The number of pyridine rings is 1. The lowest BCUT2D eigenvalue weighted by atomic mass is 10.2. The van der Waals surface area contributed by atoms with Crippen molar-refractivity contribution in [2.24, 2.45) is 0 Å². The predicted octanol–water partition coefficient (Wildman–Crippen LogP) is 6.89. The summed E-state index contributed by atoms with van der Waals surface area (Å²) in [6.07, 6.45) is 1.29. The number of rotatable bonds is 15. The van der Waals surface area contributed by atoms with Gasteiger partial charge in [0.2, 0.25) is 5.75 Å². The van der Waals surface area contributed by atoms with Gasteiger partial charge in [-0.1, -0.05) is 43.5 Å². The number of halogens is 5. The Morgan fingerprint density at radius 3 is 2.23 bits per heavy atom. The summed E-state index contributed by atoms with van der Waals surface area (Å²) in [5.41, 5.74) is 0.116. The molecule has 0 aliphatic rings. The molecule has 39 heavy (non-hydrogen) atoms. The molecule has 0 aliphatic heterocycles. The van der Waals surface area contributed by atoms with E-state index in [1.807, 2.05) is 0 Å². The summed E-state index contributed by atoms with van der Waals surface area (Å²) in [5, 5.41) is 18.2. The van der Waals surface area contributed by atoms with E-state index in [9.17, 15) is 23.5 Å². The molecule has 0 bridgehead atoms. The van der Waals surface area contributed by atoms with Crippen molar-refractivity contribution in [1.29, 1.82) is 0 Å². The van der Waals surface area contributed by atoms with Gasteiger partial charge in [0, 0.05) is 29.8 Å². The van der Waals surface area contributed by atoms with Gasteiger partial charge >= 0.3 is 13.4 Å². The smallest absolute Gasteiger partial charge is 0.341 e. The van der Waals surface area contributed by atoms with Gasteiger partial charge in [-0.3, -0.25) is 14.7 Å². The molecule has 16 heteroatoms. The molecule has 0 saturated carbocycles. The van der Waals surface area contributed by atoms with Crippen LogP contribution in [-0.4, -0.2) is 33.7 Å². The van der Waals surface area contributed by atoms with E-state index in [4.69, 9.17) is 25.6 Å². The number of hydrogen-bond donors (Lipinski definition) is 2. The molecule has 0 saturated heterocycles. The Bertz CT molecular complexity index is 1310. The Hall–Kier alpha value is -2.19. The van der Waals surface area contributed by atoms with Crippen molar-refractivity contribution >= 4 is 56.8 Å². The summed E-state index contributed by atoms with van der Waals surface area (Å²) >= 11 is 12.2. The number of nitrogens with zero attached hydrogens (tertiary/aromatic N) is 2. The molecule has 10 nitrogen and oxygen atoms in total. The standard InChI is InChI=1S/C23H22Br2ClF2N4O6P/c24-5-7-30-39(35,31-8-6-25)37-14-16-9-18(27)23(19(28)10-16)36-13-15-1-3-20(32(33)34)21(11-15)38-17-2-4-22(26)29-12-17/h1-4,9-12H,5-8,13-14H2,(H2,30,31,35). The largest absolute Gasteiger partial charge is 0.483 e. The summed E-state index contributed by atoms with van der Waals surface area (Å²) in [4.78, 5) is 14.6. The normalized spacial score (nSPS) is 11.4. The summed E-state index contributed by atoms with van der Waals surface area (Å²) in [5.74, 6) is -2.58. The lowest BCUT2D eigenvalue weighted by molar-refractivity contribution is -0.385. The molecule has 0 unspecified atom stereocenters. The Morgan fingerprint density at radius 1 is 1.00 bits per heavy atom. The maximum atomic E-state index is 14.7. The van der Waals surface area contributed by atoms with Crippen molar-refractivity contribution in [3.63, 3.8) is 0 Å². The maximum absolute atomic E-state index is 14.7. The summed E-state index contributed by atoms with van der Waals surface area (Å²) in [7, 11) is -3.46. The van der Waals surface area contributed by atoms with E-state index < -0.39 is 30.0 Å². The Morgan fingerprint density at radius 2 is 1.67 bits per heavy atom. The van der Waals surface area contributed by atoms with E-state index in [-0.39, 0.29) is 41.1 Å². The van der Waals surface area contributed by atoms with Gasteiger partial charge in [0.15, 0.2) is 17.4 Å². The van der Waals surface area contributed by atoms with Gasteiger partial charge in [0.1, 0.15) is 17.5 Å². The molecular weight excluding hydrogens is 693 g/mol. The van der Waals surface area contributed by atoms with Crippen LogP contribution in [0.4, 0.5) is 14.5 Å². The zero-order valence-electron chi connectivity index (χ0n) is 20.0. The lowest BCUT2D eigenvalue weighted by Crippen LogP contribution is -2.26. The molecule has 0 atom stereocenters. The Balaban J connectivity index is 1.71. The number of nitro benzene ring substituents is 1. The third-order valence-electron chi connectivity index (χ3n) is 4.83. The molecule has 210 valence electrons. The topological polar surface area (TPSA) is 125 Å². The first-order chi connectivity index (χ1) is 18.6. The van der Waals surface area contributed by atoms with Crippen molar-refractivity contribution in [2.45, 2.75) is 13.2 Å². The molecule has 3 aromatic rings. The molecule has 0 spiro atoms. The minimum atomic E-state index is -3.46. The zero-order valence-corrected chi connectivity index (χ0v) is 24.9. The average Bonchev–Trinajstić information content (AvgIpc) is 2.90. The molecule has 1 aromatic heterocycles. The first kappa shape index (κ1) is 31.3. The highest BCUT2D eigenvalue weighted by Gasteiger charge is 2.23. The summed E-state index contributed by atoms with van der Waals surface area (Å²) in [6.45, 7) is 0.0275. The number of nitro groups is 1. The van der Waals surface area contributed by atoms with Crippen LogP contribution in [0.2, 0.25) is 5.15 Å². The number of benzene rings is 2. The molecule has 3 rings (SSSR count). The molecule has 2 aromatic carbocycles. The van der Waals surface area contributed by atoms with Crippen molar-refractivity contribution < 1.29 is 32.3 Å². The van der Waals surface area contributed by atoms with Crippen LogP contribution >= 0.6 is 51.1 Å². The monoisotopic (exact) mass is 712 g/mol. The van der Waals surface area contributed by atoms with E-state index in [1.165, 1.54) is 36.5 Å². The van der Waals surface area contributed by atoms with Gasteiger partial charge in [-0.15, -0.1) is 0 Å². The van der Waals surface area contributed by atoms with E-state index in [0.29, 0.717) is 29.3 Å². The van der Waals surface area contributed by atoms with Crippen LogP contribution in [-0.2, 0) is 22.3 Å². The minimum absolute atomic E-state index is 0.0986. The highest BCUT2D eigenvalue weighted by Crippen LogP contribution is 2.39. The summed E-state index contributed by atoms with van der Waals surface area (Å²) < 4.78 is 58.7. The number of hydrogen-bond acceptors (Lipinski definition) is 7. The van der Waals surface area contributed by atoms with Gasteiger partial charge in [-0.2, -0.15) is 0 Å². The van der Waals surface area contributed by atoms with E-state index in [1.54, 1.807) is 0 Å². The first-order valence-electron chi connectivity index (χ1n) is 11.2. The van der Waals surface area contributed by atoms with Gasteiger partial charge in [-0.25, -0.2) is 23.9 Å².